The number of aromatic carboxylic acids is 1. The molecule has 0 bridgehead atoms. The average molecular weight is 262 g/mol. The molecule has 0 aliphatic rings. The van der Waals surface area contributed by atoms with Crippen LogP contribution in [0.1, 0.15) is 42.5 Å². The Kier molecular flexibility index (Phi) is 3.57. The highest BCUT2D eigenvalue weighted by Crippen LogP contribution is 2.24. The zero-order chi connectivity index (χ0) is 14.2. The summed E-state index contributed by atoms with van der Waals surface area (Å²) in [5, 5.41) is 18.6. The summed E-state index contributed by atoms with van der Waals surface area (Å²) >= 11 is 0. The van der Waals surface area contributed by atoms with Crippen LogP contribution in [-0.2, 0) is 0 Å². The Balaban J connectivity index is 2.55. The molecule has 1 aromatic carbocycles. The van der Waals surface area contributed by atoms with E-state index in [-0.39, 0.29) is 11.6 Å². The number of aromatic nitrogens is 2. The first-order valence-electron chi connectivity index (χ1n) is 6.30. The summed E-state index contributed by atoms with van der Waals surface area (Å²) in [6.07, 6.45) is 0.193. The minimum atomic E-state index is -0.949. The van der Waals surface area contributed by atoms with E-state index in [0.29, 0.717) is 6.42 Å². The maximum absolute atomic E-state index is 11.0. The molecule has 5 nitrogen and oxygen atoms in total. The molecular formula is C14H18N2O3. The van der Waals surface area contributed by atoms with Gasteiger partial charge in [0.05, 0.1) is 22.7 Å². The van der Waals surface area contributed by atoms with E-state index < -0.39 is 12.1 Å². The summed E-state index contributed by atoms with van der Waals surface area (Å²) in [5.41, 5.74) is 1.82. The Morgan fingerprint density at radius 3 is 2.68 bits per heavy atom. The van der Waals surface area contributed by atoms with Gasteiger partial charge >= 0.3 is 5.97 Å². The molecule has 0 aliphatic carbocycles. The molecule has 0 fully saturated rings. The van der Waals surface area contributed by atoms with Crippen molar-refractivity contribution in [2.45, 2.75) is 39.3 Å². The number of carboxylic acids is 1. The largest absolute Gasteiger partial charge is 0.478 e. The number of rotatable bonds is 4. The van der Waals surface area contributed by atoms with Crippen molar-refractivity contribution >= 4 is 17.0 Å². The van der Waals surface area contributed by atoms with Gasteiger partial charge in [-0.1, -0.05) is 0 Å². The minimum absolute atomic E-state index is 0.0639. The van der Waals surface area contributed by atoms with E-state index in [2.05, 4.69) is 4.98 Å². The molecule has 5 heteroatoms. The third-order valence-corrected chi connectivity index (χ3v) is 3.24. The third-order valence-electron chi connectivity index (χ3n) is 3.24. The van der Waals surface area contributed by atoms with Gasteiger partial charge in [-0.3, -0.25) is 0 Å². The van der Waals surface area contributed by atoms with Gasteiger partial charge in [-0.05, 0) is 45.4 Å². The van der Waals surface area contributed by atoms with Crippen LogP contribution in [0.15, 0.2) is 18.2 Å². The van der Waals surface area contributed by atoms with Crippen molar-refractivity contribution in [3.05, 3.63) is 29.6 Å². The summed E-state index contributed by atoms with van der Waals surface area (Å²) in [6, 6.07) is 4.98. The number of benzene rings is 1. The molecule has 0 aliphatic heterocycles. The van der Waals surface area contributed by atoms with Crippen molar-refractivity contribution in [2.75, 3.05) is 0 Å². The molecule has 0 saturated carbocycles. The van der Waals surface area contributed by atoms with Gasteiger partial charge in [0, 0.05) is 6.04 Å². The van der Waals surface area contributed by atoms with Gasteiger partial charge in [-0.2, -0.15) is 0 Å². The molecule has 0 spiro atoms. The van der Waals surface area contributed by atoms with E-state index in [1.807, 2.05) is 18.4 Å². The molecular weight excluding hydrogens is 244 g/mol. The monoisotopic (exact) mass is 262 g/mol. The fraction of sp³-hybridized carbons (Fsp3) is 0.429. The minimum Gasteiger partial charge on any atom is -0.478 e. The zero-order valence-corrected chi connectivity index (χ0v) is 11.3. The van der Waals surface area contributed by atoms with Gasteiger partial charge < -0.3 is 14.8 Å². The smallest absolute Gasteiger partial charge is 0.335 e. The van der Waals surface area contributed by atoms with E-state index in [9.17, 15) is 9.90 Å². The quantitative estimate of drug-likeness (QED) is 0.887. The average Bonchev–Trinajstić information content (AvgIpc) is 2.62. The lowest BCUT2D eigenvalue weighted by atomic mass is 10.1. The standard InChI is InChI=1S/C14H18N2O3/c1-8(6-9(2)17)16-10(3)15-12-5-4-11(14(18)19)7-13(12)16/h4-5,7-9,17H,6H2,1-3H3,(H,18,19). The normalized spacial score (nSPS) is 14.5. The van der Waals surface area contributed by atoms with Crippen LogP contribution < -0.4 is 0 Å². The van der Waals surface area contributed by atoms with Gasteiger partial charge in [0.1, 0.15) is 5.82 Å². The van der Waals surface area contributed by atoms with Crippen LogP contribution in [-0.4, -0.2) is 31.8 Å². The topological polar surface area (TPSA) is 75.3 Å². The lowest BCUT2D eigenvalue weighted by Gasteiger charge is -2.18. The second-order valence-electron chi connectivity index (χ2n) is 4.97. The van der Waals surface area contributed by atoms with Crippen LogP contribution in [0.4, 0.5) is 0 Å². The van der Waals surface area contributed by atoms with E-state index in [1.54, 1.807) is 25.1 Å². The molecule has 2 N–H and O–H groups in total. The Hall–Kier alpha value is -1.88. The highest BCUT2D eigenvalue weighted by molar-refractivity contribution is 5.92. The first kappa shape index (κ1) is 13.5. The fourth-order valence-electron chi connectivity index (χ4n) is 2.50. The summed E-state index contributed by atoms with van der Waals surface area (Å²) in [4.78, 5) is 15.5. The summed E-state index contributed by atoms with van der Waals surface area (Å²) in [5.74, 6) is -0.124. The highest BCUT2D eigenvalue weighted by Gasteiger charge is 2.16. The Morgan fingerprint density at radius 2 is 2.11 bits per heavy atom. The van der Waals surface area contributed by atoms with Crippen LogP contribution in [0.2, 0.25) is 0 Å². The van der Waals surface area contributed by atoms with Crippen LogP contribution >= 0.6 is 0 Å². The number of carboxylic acid groups (broad SMARTS) is 1. The van der Waals surface area contributed by atoms with Crippen molar-refractivity contribution in [1.82, 2.24) is 9.55 Å². The molecule has 19 heavy (non-hydrogen) atoms. The number of imidazole rings is 1. The molecule has 2 unspecified atom stereocenters. The fourth-order valence-corrected chi connectivity index (χ4v) is 2.50. The van der Waals surface area contributed by atoms with Gasteiger partial charge in [0.15, 0.2) is 0 Å². The number of hydrogen-bond acceptors (Lipinski definition) is 3. The maximum Gasteiger partial charge on any atom is 0.335 e. The predicted octanol–water partition coefficient (Wildman–Crippen LogP) is 2.37. The number of fused-ring (bicyclic) bond motifs is 1. The SMILES string of the molecule is Cc1nc2ccc(C(=O)O)cc2n1C(C)CC(C)O. The first-order valence-corrected chi connectivity index (χ1v) is 6.30. The molecule has 1 heterocycles. The highest BCUT2D eigenvalue weighted by atomic mass is 16.4. The molecule has 2 aromatic rings. The van der Waals surface area contributed by atoms with E-state index >= 15 is 0 Å². The van der Waals surface area contributed by atoms with Gasteiger partial charge in [0.2, 0.25) is 0 Å². The van der Waals surface area contributed by atoms with E-state index in [1.165, 1.54) is 0 Å². The number of aryl methyl sites for hydroxylation is 1. The van der Waals surface area contributed by atoms with Crippen molar-refractivity contribution in [3.63, 3.8) is 0 Å². The van der Waals surface area contributed by atoms with E-state index in [4.69, 9.17) is 5.11 Å². The van der Waals surface area contributed by atoms with Crippen molar-refractivity contribution < 1.29 is 15.0 Å². The van der Waals surface area contributed by atoms with Crippen LogP contribution in [0.25, 0.3) is 11.0 Å². The van der Waals surface area contributed by atoms with Gasteiger partial charge in [-0.25, -0.2) is 9.78 Å². The van der Waals surface area contributed by atoms with Gasteiger partial charge in [-0.15, -0.1) is 0 Å². The summed E-state index contributed by atoms with van der Waals surface area (Å²) in [7, 11) is 0. The third kappa shape index (κ3) is 2.61. The Labute approximate surface area is 111 Å². The number of hydrogen-bond donors (Lipinski definition) is 2. The van der Waals surface area contributed by atoms with Crippen LogP contribution in [0, 0.1) is 6.92 Å². The zero-order valence-electron chi connectivity index (χ0n) is 11.3. The second kappa shape index (κ2) is 5.01. The van der Waals surface area contributed by atoms with Crippen LogP contribution in [0.3, 0.4) is 0 Å². The molecule has 0 radical (unpaired) electrons. The van der Waals surface area contributed by atoms with Crippen molar-refractivity contribution in [2.24, 2.45) is 0 Å². The summed E-state index contributed by atoms with van der Waals surface area (Å²) in [6.45, 7) is 5.63. The van der Waals surface area contributed by atoms with Gasteiger partial charge in [0.25, 0.3) is 0 Å². The van der Waals surface area contributed by atoms with E-state index in [0.717, 1.165) is 16.9 Å². The molecule has 1 aromatic heterocycles. The molecule has 0 saturated heterocycles. The molecule has 0 amide bonds. The van der Waals surface area contributed by atoms with Crippen molar-refractivity contribution in [3.8, 4) is 0 Å². The maximum atomic E-state index is 11.0. The predicted molar refractivity (Wildman–Crippen MR) is 72.4 cm³/mol. The summed E-state index contributed by atoms with van der Waals surface area (Å²) < 4.78 is 1.98. The Bertz CT molecular complexity index is 616. The molecule has 2 atom stereocenters. The lowest BCUT2D eigenvalue weighted by Crippen LogP contribution is -2.13. The van der Waals surface area contributed by atoms with Crippen LogP contribution in [0.5, 0.6) is 0 Å². The number of carbonyl (C=O) groups is 1. The lowest BCUT2D eigenvalue weighted by molar-refractivity contribution is 0.0697. The number of nitrogens with zero attached hydrogens (tertiary/aromatic N) is 2. The first-order chi connectivity index (χ1) is 8.90. The number of aliphatic hydroxyl groups excluding tert-OH is 1. The molecule has 2 rings (SSSR count). The molecule has 102 valence electrons. The number of aliphatic hydroxyl groups is 1. The Morgan fingerprint density at radius 1 is 1.42 bits per heavy atom. The van der Waals surface area contributed by atoms with Crippen molar-refractivity contribution in [1.29, 1.82) is 0 Å². The second-order valence-corrected chi connectivity index (χ2v) is 4.97.